The van der Waals surface area contributed by atoms with Gasteiger partial charge in [-0.15, -0.1) is 0 Å². The molecular formula is C12H26N2O. The van der Waals surface area contributed by atoms with Gasteiger partial charge in [0.25, 0.3) is 0 Å². The molecule has 1 aliphatic rings. The monoisotopic (exact) mass is 214 g/mol. The predicted molar refractivity (Wildman–Crippen MR) is 64.0 cm³/mol. The van der Waals surface area contributed by atoms with Crippen LogP contribution in [0.4, 0.5) is 0 Å². The Hall–Kier alpha value is -0.120. The summed E-state index contributed by atoms with van der Waals surface area (Å²) in [4.78, 5) is 2.50. The maximum absolute atomic E-state index is 5.98. The first kappa shape index (κ1) is 12.9. The number of nitrogens with zero attached hydrogens (tertiary/aromatic N) is 1. The van der Waals surface area contributed by atoms with Crippen LogP contribution in [-0.2, 0) is 4.74 Å². The summed E-state index contributed by atoms with van der Waals surface area (Å²) in [5, 5.41) is 0. The van der Waals surface area contributed by atoms with Crippen LogP contribution in [0.25, 0.3) is 0 Å². The number of piperidine rings is 1. The molecule has 0 aliphatic carbocycles. The lowest BCUT2D eigenvalue weighted by Crippen LogP contribution is -2.42. The summed E-state index contributed by atoms with van der Waals surface area (Å²) >= 11 is 0. The van der Waals surface area contributed by atoms with Gasteiger partial charge in [0, 0.05) is 25.2 Å². The second kappa shape index (κ2) is 5.83. The number of likely N-dealkylation sites (tertiary alicyclic amines) is 1. The molecule has 0 saturated carbocycles. The summed E-state index contributed by atoms with van der Waals surface area (Å²) in [6.45, 7) is 10.6. The second-order valence-electron chi connectivity index (χ2n) is 5.23. The Labute approximate surface area is 94.0 Å². The third-order valence-corrected chi connectivity index (χ3v) is 3.01. The van der Waals surface area contributed by atoms with Crippen LogP contribution in [0.15, 0.2) is 0 Å². The Morgan fingerprint density at radius 2 is 1.93 bits per heavy atom. The SMILES string of the molecule is CCOC1CCN(CCC(C)(C)N)CC1. The van der Waals surface area contributed by atoms with E-state index in [0.717, 1.165) is 19.6 Å². The Balaban J connectivity index is 2.15. The smallest absolute Gasteiger partial charge is 0.0599 e. The zero-order chi connectivity index (χ0) is 11.3. The van der Waals surface area contributed by atoms with E-state index in [1.54, 1.807) is 0 Å². The molecule has 0 aromatic carbocycles. The van der Waals surface area contributed by atoms with E-state index in [0.29, 0.717) is 6.10 Å². The molecule has 0 amide bonds. The molecule has 0 radical (unpaired) electrons. The summed E-state index contributed by atoms with van der Waals surface area (Å²) in [6.07, 6.45) is 3.93. The maximum atomic E-state index is 5.98. The zero-order valence-electron chi connectivity index (χ0n) is 10.5. The molecule has 1 rings (SSSR count). The molecule has 2 N–H and O–H groups in total. The molecule has 0 bridgehead atoms. The Morgan fingerprint density at radius 1 is 1.33 bits per heavy atom. The van der Waals surface area contributed by atoms with Crippen molar-refractivity contribution in [2.75, 3.05) is 26.2 Å². The Kier molecular flexibility index (Phi) is 5.03. The highest BCUT2D eigenvalue weighted by atomic mass is 16.5. The minimum Gasteiger partial charge on any atom is -0.378 e. The molecule has 0 atom stereocenters. The molecule has 1 fully saturated rings. The highest BCUT2D eigenvalue weighted by Crippen LogP contribution is 2.15. The Morgan fingerprint density at radius 3 is 2.40 bits per heavy atom. The number of ether oxygens (including phenoxy) is 1. The fraction of sp³-hybridized carbons (Fsp3) is 1.00. The lowest BCUT2D eigenvalue weighted by molar-refractivity contribution is 0.0132. The predicted octanol–water partition coefficient (Wildman–Crippen LogP) is 1.61. The fourth-order valence-corrected chi connectivity index (χ4v) is 1.98. The molecule has 0 aromatic rings. The molecule has 0 aromatic heterocycles. The van der Waals surface area contributed by atoms with Crippen LogP contribution >= 0.6 is 0 Å². The van der Waals surface area contributed by atoms with Gasteiger partial charge in [-0.05, 0) is 46.6 Å². The molecule has 3 nitrogen and oxygen atoms in total. The number of nitrogens with two attached hydrogens (primary N) is 1. The van der Waals surface area contributed by atoms with Crippen molar-refractivity contribution in [3.05, 3.63) is 0 Å². The van der Waals surface area contributed by atoms with Crippen molar-refractivity contribution < 1.29 is 4.74 Å². The fourth-order valence-electron chi connectivity index (χ4n) is 1.98. The van der Waals surface area contributed by atoms with Crippen molar-refractivity contribution in [2.24, 2.45) is 5.73 Å². The van der Waals surface area contributed by atoms with Crippen LogP contribution in [0.5, 0.6) is 0 Å². The molecule has 0 spiro atoms. The normalized spacial score (nSPS) is 20.8. The van der Waals surface area contributed by atoms with Crippen LogP contribution < -0.4 is 5.73 Å². The number of hydrogen-bond donors (Lipinski definition) is 1. The van der Waals surface area contributed by atoms with Crippen LogP contribution in [0, 0.1) is 0 Å². The third kappa shape index (κ3) is 5.50. The highest BCUT2D eigenvalue weighted by Gasteiger charge is 2.20. The van der Waals surface area contributed by atoms with Gasteiger partial charge in [-0.2, -0.15) is 0 Å². The topological polar surface area (TPSA) is 38.5 Å². The number of hydrogen-bond acceptors (Lipinski definition) is 3. The van der Waals surface area contributed by atoms with Crippen LogP contribution in [0.1, 0.15) is 40.0 Å². The molecule has 15 heavy (non-hydrogen) atoms. The summed E-state index contributed by atoms with van der Waals surface area (Å²) in [6, 6.07) is 0. The molecule has 0 unspecified atom stereocenters. The van der Waals surface area contributed by atoms with Gasteiger partial charge < -0.3 is 15.4 Å². The first-order valence-electron chi connectivity index (χ1n) is 6.14. The van der Waals surface area contributed by atoms with Gasteiger partial charge in [-0.1, -0.05) is 0 Å². The van der Waals surface area contributed by atoms with Crippen molar-refractivity contribution in [1.29, 1.82) is 0 Å². The minimum atomic E-state index is -0.0310. The largest absolute Gasteiger partial charge is 0.378 e. The maximum Gasteiger partial charge on any atom is 0.0599 e. The Bertz CT molecular complexity index is 169. The first-order chi connectivity index (χ1) is 7.01. The summed E-state index contributed by atoms with van der Waals surface area (Å²) in [5.41, 5.74) is 5.95. The van der Waals surface area contributed by atoms with Crippen LogP contribution in [0.3, 0.4) is 0 Å². The molecule has 1 aliphatic heterocycles. The van der Waals surface area contributed by atoms with Gasteiger partial charge in [0.1, 0.15) is 0 Å². The van der Waals surface area contributed by atoms with E-state index < -0.39 is 0 Å². The molecule has 1 saturated heterocycles. The van der Waals surface area contributed by atoms with E-state index in [4.69, 9.17) is 10.5 Å². The quantitative estimate of drug-likeness (QED) is 0.755. The highest BCUT2D eigenvalue weighted by molar-refractivity contribution is 4.77. The van der Waals surface area contributed by atoms with E-state index in [1.165, 1.54) is 25.9 Å². The average molecular weight is 214 g/mol. The van der Waals surface area contributed by atoms with E-state index in [2.05, 4.69) is 25.7 Å². The van der Waals surface area contributed by atoms with E-state index >= 15 is 0 Å². The van der Waals surface area contributed by atoms with E-state index in [-0.39, 0.29) is 5.54 Å². The first-order valence-corrected chi connectivity index (χ1v) is 6.14. The van der Waals surface area contributed by atoms with Crippen molar-refractivity contribution >= 4 is 0 Å². The standard InChI is InChI=1S/C12H26N2O/c1-4-15-11-5-8-14(9-6-11)10-7-12(2,3)13/h11H,4-10,13H2,1-3H3. The van der Waals surface area contributed by atoms with Crippen LogP contribution in [-0.4, -0.2) is 42.8 Å². The lowest BCUT2D eigenvalue weighted by atomic mass is 10.0. The zero-order valence-corrected chi connectivity index (χ0v) is 10.5. The third-order valence-electron chi connectivity index (χ3n) is 3.01. The van der Waals surface area contributed by atoms with Crippen molar-refractivity contribution in [3.8, 4) is 0 Å². The van der Waals surface area contributed by atoms with Gasteiger partial charge in [-0.25, -0.2) is 0 Å². The van der Waals surface area contributed by atoms with Gasteiger partial charge in [0.2, 0.25) is 0 Å². The molecular weight excluding hydrogens is 188 g/mol. The molecule has 3 heteroatoms. The van der Waals surface area contributed by atoms with Crippen LogP contribution in [0.2, 0.25) is 0 Å². The summed E-state index contributed by atoms with van der Waals surface area (Å²) in [5.74, 6) is 0. The van der Waals surface area contributed by atoms with Crippen molar-refractivity contribution in [2.45, 2.75) is 51.7 Å². The summed E-state index contributed by atoms with van der Waals surface area (Å²) < 4.78 is 5.63. The van der Waals surface area contributed by atoms with Gasteiger partial charge in [0.15, 0.2) is 0 Å². The van der Waals surface area contributed by atoms with Gasteiger partial charge in [0.05, 0.1) is 6.10 Å². The van der Waals surface area contributed by atoms with Gasteiger partial charge >= 0.3 is 0 Å². The van der Waals surface area contributed by atoms with Crippen molar-refractivity contribution in [3.63, 3.8) is 0 Å². The molecule has 90 valence electrons. The van der Waals surface area contributed by atoms with E-state index in [9.17, 15) is 0 Å². The van der Waals surface area contributed by atoms with E-state index in [1.807, 2.05) is 0 Å². The average Bonchev–Trinajstić information content (AvgIpc) is 2.16. The second-order valence-corrected chi connectivity index (χ2v) is 5.23. The lowest BCUT2D eigenvalue weighted by Gasteiger charge is -2.33. The van der Waals surface area contributed by atoms with Crippen molar-refractivity contribution in [1.82, 2.24) is 4.90 Å². The minimum absolute atomic E-state index is 0.0310. The summed E-state index contributed by atoms with van der Waals surface area (Å²) in [7, 11) is 0. The van der Waals surface area contributed by atoms with Gasteiger partial charge in [-0.3, -0.25) is 0 Å². The number of rotatable bonds is 5. The molecule has 1 heterocycles.